The van der Waals surface area contributed by atoms with Crippen LogP contribution >= 0.6 is 11.3 Å². The predicted octanol–water partition coefficient (Wildman–Crippen LogP) is 13.2. The van der Waals surface area contributed by atoms with Crippen molar-refractivity contribution in [3.63, 3.8) is 0 Å². The van der Waals surface area contributed by atoms with Gasteiger partial charge in [-0.3, -0.25) is 0 Å². The molecule has 0 atom stereocenters. The number of fused-ring (bicyclic) bond motifs is 1. The van der Waals surface area contributed by atoms with Crippen LogP contribution < -0.4 is 0 Å². The summed E-state index contributed by atoms with van der Waals surface area (Å²) in [6.45, 7) is 2.85. The minimum absolute atomic E-state index is 0.166. The molecule has 0 amide bonds. The average Bonchev–Trinajstić information content (AvgIpc) is 3.41. The molecule has 0 bridgehead atoms. The van der Waals surface area contributed by atoms with Gasteiger partial charge in [-0.15, -0.1) is 11.3 Å². The summed E-state index contributed by atoms with van der Waals surface area (Å²) in [5.41, 5.74) is 0. The molecule has 0 spiro atoms. The van der Waals surface area contributed by atoms with Crippen LogP contribution in [0.25, 0.3) is 10.1 Å². The second-order valence-electron chi connectivity index (χ2n) is 12.1. The Labute approximate surface area is 252 Å². The molecule has 0 saturated heterocycles. The van der Waals surface area contributed by atoms with E-state index >= 15 is 0 Å². The molecule has 40 heavy (non-hydrogen) atoms. The van der Waals surface area contributed by atoms with E-state index in [9.17, 15) is 4.79 Å². The van der Waals surface area contributed by atoms with E-state index in [1.807, 2.05) is 24.3 Å². The van der Waals surface area contributed by atoms with Crippen LogP contribution in [0.15, 0.2) is 30.3 Å². The zero-order chi connectivity index (χ0) is 28.4. The molecule has 2 rings (SSSR count). The molecule has 1 aromatic carbocycles. The minimum Gasteiger partial charge on any atom is -0.462 e. The third kappa shape index (κ3) is 18.2. The SMILES string of the molecule is CCCCCCCCCCCCCCCCCCCCCCCCCCCCOC(=O)c1cc2ccccc2s1. The van der Waals surface area contributed by atoms with Crippen LogP contribution in [0.5, 0.6) is 0 Å². The molecular formula is C37H62O2S. The number of hydrogen-bond acceptors (Lipinski definition) is 3. The molecule has 0 N–H and O–H groups in total. The van der Waals surface area contributed by atoms with Crippen LogP contribution in [0.3, 0.4) is 0 Å². The maximum atomic E-state index is 12.2. The Morgan fingerprint density at radius 1 is 0.550 bits per heavy atom. The topological polar surface area (TPSA) is 26.3 Å². The van der Waals surface area contributed by atoms with E-state index in [0.717, 1.165) is 21.4 Å². The van der Waals surface area contributed by atoms with E-state index in [0.29, 0.717) is 6.61 Å². The first-order chi connectivity index (χ1) is 19.8. The maximum Gasteiger partial charge on any atom is 0.348 e. The van der Waals surface area contributed by atoms with Crippen LogP contribution in [-0.4, -0.2) is 12.6 Å². The van der Waals surface area contributed by atoms with Crippen LogP contribution in [0.4, 0.5) is 0 Å². The number of carbonyl (C=O) groups excluding carboxylic acids is 1. The summed E-state index contributed by atoms with van der Waals surface area (Å²) in [4.78, 5) is 13.0. The van der Waals surface area contributed by atoms with Crippen molar-refractivity contribution in [2.45, 2.75) is 174 Å². The Morgan fingerprint density at radius 2 is 0.925 bits per heavy atom. The standard InChI is InChI=1S/C37H62O2S/c1-2-3-4-5-6-7-8-9-10-11-12-13-14-15-16-17-18-19-20-21-22-23-24-25-26-29-32-39-37(38)36-33-34-30-27-28-31-35(34)40-36/h27-28,30-31,33H,2-26,29,32H2,1H3. The lowest BCUT2D eigenvalue weighted by atomic mass is 10.0. The number of ether oxygens (including phenoxy) is 1. The van der Waals surface area contributed by atoms with Gasteiger partial charge in [-0.1, -0.05) is 186 Å². The number of carbonyl (C=O) groups is 1. The van der Waals surface area contributed by atoms with Crippen molar-refractivity contribution in [1.82, 2.24) is 0 Å². The highest BCUT2D eigenvalue weighted by Crippen LogP contribution is 2.26. The fourth-order valence-corrected chi connectivity index (χ4v) is 6.69. The number of benzene rings is 1. The van der Waals surface area contributed by atoms with Crippen molar-refractivity contribution in [1.29, 1.82) is 0 Å². The van der Waals surface area contributed by atoms with Gasteiger partial charge in [0, 0.05) is 4.70 Å². The Hall–Kier alpha value is -1.35. The number of rotatable bonds is 28. The quantitative estimate of drug-likeness (QED) is 0.0751. The predicted molar refractivity (Wildman–Crippen MR) is 178 cm³/mol. The summed E-state index contributed by atoms with van der Waals surface area (Å²) in [6.07, 6.45) is 36.5. The second kappa shape index (κ2) is 25.4. The molecule has 0 aliphatic rings. The van der Waals surface area contributed by atoms with Crippen LogP contribution in [0.2, 0.25) is 0 Å². The number of thiophene rings is 1. The van der Waals surface area contributed by atoms with E-state index in [1.54, 1.807) is 0 Å². The van der Waals surface area contributed by atoms with Gasteiger partial charge < -0.3 is 4.74 Å². The van der Waals surface area contributed by atoms with Crippen molar-refractivity contribution in [2.75, 3.05) is 6.61 Å². The molecule has 0 unspecified atom stereocenters. The normalized spacial score (nSPS) is 11.4. The highest BCUT2D eigenvalue weighted by molar-refractivity contribution is 7.20. The molecule has 0 aliphatic heterocycles. The monoisotopic (exact) mass is 570 g/mol. The fourth-order valence-electron chi connectivity index (χ4n) is 5.74. The molecule has 2 nitrogen and oxygen atoms in total. The van der Waals surface area contributed by atoms with E-state index in [1.165, 1.54) is 172 Å². The van der Waals surface area contributed by atoms with E-state index < -0.39 is 0 Å². The fraction of sp³-hybridized carbons (Fsp3) is 0.757. The van der Waals surface area contributed by atoms with Crippen molar-refractivity contribution in [2.24, 2.45) is 0 Å². The molecule has 228 valence electrons. The number of esters is 1. The first-order valence-corrected chi connectivity index (χ1v) is 18.3. The highest BCUT2D eigenvalue weighted by Gasteiger charge is 2.11. The van der Waals surface area contributed by atoms with Gasteiger partial charge in [-0.2, -0.15) is 0 Å². The lowest BCUT2D eigenvalue weighted by Crippen LogP contribution is -2.04. The average molecular weight is 571 g/mol. The molecule has 0 saturated carbocycles. The van der Waals surface area contributed by atoms with Crippen LogP contribution in [-0.2, 0) is 4.74 Å². The van der Waals surface area contributed by atoms with Gasteiger partial charge in [0.1, 0.15) is 4.88 Å². The molecule has 3 heteroatoms. The first-order valence-electron chi connectivity index (χ1n) is 17.5. The van der Waals surface area contributed by atoms with Crippen molar-refractivity contribution in [3.05, 3.63) is 35.2 Å². The largest absolute Gasteiger partial charge is 0.462 e. The second-order valence-corrected chi connectivity index (χ2v) is 13.2. The minimum atomic E-state index is -0.166. The van der Waals surface area contributed by atoms with Gasteiger partial charge in [-0.25, -0.2) is 4.79 Å². The summed E-state index contributed by atoms with van der Waals surface area (Å²) in [5, 5.41) is 1.12. The van der Waals surface area contributed by atoms with Crippen LogP contribution in [0.1, 0.15) is 184 Å². The zero-order valence-corrected chi connectivity index (χ0v) is 27.0. The molecule has 0 fully saturated rings. The number of unbranched alkanes of at least 4 members (excludes halogenated alkanes) is 25. The molecule has 1 heterocycles. The van der Waals surface area contributed by atoms with Gasteiger partial charge in [0.2, 0.25) is 0 Å². The molecule has 0 aliphatic carbocycles. The van der Waals surface area contributed by atoms with E-state index in [-0.39, 0.29) is 5.97 Å². The van der Waals surface area contributed by atoms with Gasteiger partial charge >= 0.3 is 5.97 Å². The summed E-state index contributed by atoms with van der Waals surface area (Å²) in [7, 11) is 0. The van der Waals surface area contributed by atoms with Crippen molar-refractivity contribution >= 4 is 27.4 Å². The summed E-state index contributed by atoms with van der Waals surface area (Å²) in [6, 6.07) is 10.1. The summed E-state index contributed by atoms with van der Waals surface area (Å²) < 4.78 is 6.63. The Kier molecular flexibility index (Phi) is 22.1. The third-order valence-corrected chi connectivity index (χ3v) is 9.45. The Bertz CT molecular complexity index is 809. The third-order valence-electron chi connectivity index (χ3n) is 8.36. The van der Waals surface area contributed by atoms with Gasteiger partial charge in [0.25, 0.3) is 0 Å². The Morgan fingerprint density at radius 3 is 1.32 bits per heavy atom. The van der Waals surface area contributed by atoms with Gasteiger partial charge in [0.05, 0.1) is 6.61 Å². The maximum absolute atomic E-state index is 12.2. The highest BCUT2D eigenvalue weighted by atomic mass is 32.1. The van der Waals surface area contributed by atoms with E-state index in [4.69, 9.17) is 4.74 Å². The van der Waals surface area contributed by atoms with Gasteiger partial charge in [0.15, 0.2) is 0 Å². The first kappa shape index (κ1) is 34.8. The summed E-state index contributed by atoms with van der Waals surface area (Å²) >= 11 is 1.53. The smallest absolute Gasteiger partial charge is 0.348 e. The van der Waals surface area contributed by atoms with Crippen molar-refractivity contribution in [3.8, 4) is 0 Å². The van der Waals surface area contributed by atoms with Crippen LogP contribution in [0, 0.1) is 0 Å². The molecule has 1 aromatic heterocycles. The molecular weight excluding hydrogens is 508 g/mol. The Balaban J connectivity index is 1.21. The lowest BCUT2D eigenvalue weighted by molar-refractivity contribution is 0.0503. The molecule has 0 radical (unpaired) electrons. The number of hydrogen-bond donors (Lipinski definition) is 0. The molecule has 2 aromatic rings. The van der Waals surface area contributed by atoms with Crippen molar-refractivity contribution < 1.29 is 9.53 Å². The lowest BCUT2D eigenvalue weighted by Gasteiger charge is -2.05. The summed E-state index contributed by atoms with van der Waals surface area (Å²) in [5.74, 6) is -0.166. The van der Waals surface area contributed by atoms with Gasteiger partial charge in [-0.05, 0) is 23.9 Å². The van der Waals surface area contributed by atoms with E-state index in [2.05, 4.69) is 13.0 Å². The zero-order valence-electron chi connectivity index (χ0n) is 26.2.